The molecule has 1 heterocycles. The van der Waals surface area contributed by atoms with Crippen LogP contribution in [0.2, 0.25) is 5.02 Å². The molecule has 0 saturated carbocycles. The highest BCUT2D eigenvalue weighted by Crippen LogP contribution is 2.34. The third-order valence-corrected chi connectivity index (χ3v) is 3.66. The fourth-order valence-electron chi connectivity index (χ4n) is 1.76. The lowest BCUT2D eigenvalue weighted by Gasteiger charge is -2.21. The first kappa shape index (κ1) is 15.4. The summed E-state index contributed by atoms with van der Waals surface area (Å²) in [7, 11) is 0. The second-order valence-corrected chi connectivity index (χ2v) is 5.80. The van der Waals surface area contributed by atoms with E-state index in [2.05, 4.69) is 15.9 Å². The van der Waals surface area contributed by atoms with Crippen LogP contribution in [0, 0.1) is 12.7 Å². The molecule has 2 rings (SSSR count). The number of nitrogens with two attached hydrogens (primary N) is 1. The van der Waals surface area contributed by atoms with Crippen molar-refractivity contribution in [3.05, 3.63) is 51.1 Å². The molecule has 0 aliphatic heterocycles. The standard InChI is InChI=1S/C14H14BrClFNO2/c1-7-3-4-12(19-7)14(8(2)18)20-13-6-11(17)10(16)5-9(13)15/h3-6,8,14H,18H2,1-2H3. The molecule has 6 heteroatoms. The minimum atomic E-state index is -0.552. The highest BCUT2D eigenvalue weighted by molar-refractivity contribution is 9.10. The number of ether oxygens (including phenoxy) is 1. The molecule has 0 aliphatic rings. The van der Waals surface area contributed by atoms with E-state index in [-0.39, 0.29) is 11.1 Å². The maximum absolute atomic E-state index is 13.5. The Labute approximate surface area is 130 Å². The third kappa shape index (κ3) is 3.34. The van der Waals surface area contributed by atoms with Crippen molar-refractivity contribution in [2.24, 2.45) is 5.73 Å². The van der Waals surface area contributed by atoms with Crippen LogP contribution >= 0.6 is 27.5 Å². The fourth-order valence-corrected chi connectivity index (χ4v) is 2.49. The normalized spacial score (nSPS) is 14.1. The summed E-state index contributed by atoms with van der Waals surface area (Å²) >= 11 is 8.99. The van der Waals surface area contributed by atoms with Gasteiger partial charge in [0.05, 0.1) is 9.50 Å². The van der Waals surface area contributed by atoms with Gasteiger partial charge in [0.2, 0.25) is 0 Å². The SMILES string of the molecule is Cc1ccc(C(Oc2cc(F)c(Cl)cc2Br)C(C)N)o1. The molecule has 0 fully saturated rings. The molecule has 1 aromatic carbocycles. The van der Waals surface area contributed by atoms with Gasteiger partial charge in [-0.3, -0.25) is 0 Å². The lowest BCUT2D eigenvalue weighted by molar-refractivity contribution is 0.150. The van der Waals surface area contributed by atoms with Crippen molar-refractivity contribution in [2.75, 3.05) is 0 Å². The van der Waals surface area contributed by atoms with Gasteiger partial charge >= 0.3 is 0 Å². The molecule has 2 atom stereocenters. The fraction of sp³-hybridized carbons (Fsp3) is 0.286. The van der Waals surface area contributed by atoms with Crippen molar-refractivity contribution in [3.63, 3.8) is 0 Å². The third-order valence-electron chi connectivity index (χ3n) is 2.75. The Bertz CT molecular complexity index is 615. The van der Waals surface area contributed by atoms with E-state index in [0.717, 1.165) is 5.76 Å². The number of benzene rings is 1. The summed E-state index contributed by atoms with van der Waals surface area (Å²) in [5.41, 5.74) is 5.92. The summed E-state index contributed by atoms with van der Waals surface area (Å²) < 4.78 is 25.4. The largest absolute Gasteiger partial charge is 0.480 e. The van der Waals surface area contributed by atoms with Gasteiger partial charge in [0.1, 0.15) is 23.1 Å². The molecule has 2 unspecified atom stereocenters. The molecule has 0 amide bonds. The first-order valence-electron chi connectivity index (χ1n) is 6.01. The van der Waals surface area contributed by atoms with Gasteiger partial charge < -0.3 is 14.9 Å². The Morgan fingerprint density at radius 3 is 2.65 bits per heavy atom. The van der Waals surface area contributed by atoms with Gasteiger partial charge in [-0.25, -0.2) is 4.39 Å². The van der Waals surface area contributed by atoms with Crippen molar-refractivity contribution >= 4 is 27.5 Å². The van der Waals surface area contributed by atoms with Crippen molar-refractivity contribution in [2.45, 2.75) is 26.0 Å². The minimum absolute atomic E-state index is 0.0235. The highest BCUT2D eigenvalue weighted by Gasteiger charge is 2.23. The van der Waals surface area contributed by atoms with Gasteiger partial charge in [-0.2, -0.15) is 0 Å². The lowest BCUT2D eigenvalue weighted by atomic mass is 10.1. The van der Waals surface area contributed by atoms with Crippen molar-refractivity contribution < 1.29 is 13.5 Å². The highest BCUT2D eigenvalue weighted by atomic mass is 79.9. The quantitative estimate of drug-likeness (QED) is 0.808. The van der Waals surface area contributed by atoms with Crippen LogP contribution in [0.25, 0.3) is 0 Å². The van der Waals surface area contributed by atoms with E-state index < -0.39 is 11.9 Å². The van der Waals surface area contributed by atoms with E-state index in [9.17, 15) is 4.39 Å². The Kier molecular flexibility index (Phi) is 4.73. The molecule has 0 aliphatic carbocycles. The van der Waals surface area contributed by atoms with Gasteiger partial charge in [-0.1, -0.05) is 11.6 Å². The molecule has 0 radical (unpaired) electrons. The number of hydrogen-bond donors (Lipinski definition) is 1. The first-order valence-corrected chi connectivity index (χ1v) is 7.18. The summed E-state index contributed by atoms with van der Waals surface area (Å²) in [6.45, 7) is 3.63. The maximum Gasteiger partial charge on any atom is 0.171 e. The van der Waals surface area contributed by atoms with E-state index in [1.54, 1.807) is 13.0 Å². The lowest BCUT2D eigenvalue weighted by Crippen LogP contribution is -2.28. The van der Waals surface area contributed by atoms with E-state index >= 15 is 0 Å². The van der Waals surface area contributed by atoms with Gasteiger partial charge in [0, 0.05) is 12.1 Å². The minimum Gasteiger partial charge on any atom is -0.480 e. The molecule has 0 bridgehead atoms. The second kappa shape index (κ2) is 6.16. The van der Waals surface area contributed by atoms with Crippen molar-refractivity contribution in [1.29, 1.82) is 0 Å². The van der Waals surface area contributed by atoms with E-state index in [1.165, 1.54) is 12.1 Å². The predicted octanol–water partition coefficient (Wildman–Crippen LogP) is 4.61. The molecule has 0 saturated heterocycles. The van der Waals surface area contributed by atoms with Crippen LogP contribution in [0.15, 0.2) is 33.2 Å². The van der Waals surface area contributed by atoms with Crippen LogP contribution in [0.5, 0.6) is 5.75 Å². The summed E-state index contributed by atoms with van der Waals surface area (Å²) in [5, 5.41) is 0.0235. The number of aryl methyl sites for hydroxylation is 1. The number of halogens is 3. The van der Waals surface area contributed by atoms with Crippen LogP contribution in [-0.4, -0.2) is 6.04 Å². The van der Waals surface area contributed by atoms with E-state index in [4.69, 9.17) is 26.5 Å². The summed E-state index contributed by atoms with van der Waals surface area (Å²) in [4.78, 5) is 0. The van der Waals surface area contributed by atoms with Gasteiger partial charge in [-0.05, 0) is 48.0 Å². The molecule has 2 aromatic rings. The van der Waals surface area contributed by atoms with Gasteiger partial charge in [0.25, 0.3) is 0 Å². The van der Waals surface area contributed by atoms with Crippen LogP contribution in [0.4, 0.5) is 4.39 Å². The monoisotopic (exact) mass is 361 g/mol. The molecular formula is C14H14BrClFNO2. The van der Waals surface area contributed by atoms with Gasteiger partial charge in [-0.15, -0.1) is 0 Å². The van der Waals surface area contributed by atoms with Crippen molar-refractivity contribution in [1.82, 2.24) is 0 Å². The number of hydrogen-bond acceptors (Lipinski definition) is 3. The zero-order valence-electron chi connectivity index (χ0n) is 11.0. The maximum atomic E-state index is 13.5. The van der Waals surface area contributed by atoms with Gasteiger partial charge in [0.15, 0.2) is 6.10 Å². The summed E-state index contributed by atoms with van der Waals surface area (Å²) in [6.07, 6.45) is -0.513. The Morgan fingerprint density at radius 2 is 2.10 bits per heavy atom. The van der Waals surface area contributed by atoms with Crippen LogP contribution in [-0.2, 0) is 0 Å². The zero-order chi connectivity index (χ0) is 14.9. The average molecular weight is 363 g/mol. The smallest absolute Gasteiger partial charge is 0.171 e. The number of furan rings is 1. The average Bonchev–Trinajstić information content (AvgIpc) is 2.78. The van der Waals surface area contributed by atoms with E-state index in [1.807, 2.05) is 13.0 Å². The van der Waals surface area contributed by atoms with Crippen LogP contribution in [0.3, 0.4) is 0 Å². The molecule has 0 spiro atoms. The molecule has 2 N–H and O–H groups in total. The molecular weight excluding hydrogens is 349 g/mol. The van der Waals surface area contributed by atoms with Crippen LogP contribution < -0.4 is 10.5 Å². The second-order valence-electron chi connectivity index (χ2n) is 4.54. The van der Waals surface area contributed by atoms with Crippen LogP contribution in [0.1, 0.15) is 24.5 Å². The Morgan fingerprint density at radius 1 is 1.40 bits per heavy atom. The Hall–Kier alpha value is -1.04. The summed E-state index contributed by atoms with van der Waals surface area (Å²) in [6, 6.07) is 5.95. The predicted molar refractivity (Wildman–Crippen MR) is 79.6 cm³/mol. The van der Waals surface area contributed by atoms with Crippen molar-refractivity contribution in [3.8, 4) is 5.75 Å². The summed E-state index contributed by atoms with van der Waals surface area (Å²) in [5.74, 6) is 1.13. The number of rotatable bonds is 4. The molecule has 20 heavy (non-hydrogen) atoms. The topological polar surface area (TPSA) is 48.4 Å². The van der Waals surface area contributed by atoms with E-state index in [0.29, 0.717) is 16.0 Å². The zero-order valence-corrected chi connectivity index (χ0v) is 13.3. The molecule has 3 nitrogen and oxygen atoms in total. The molecule has 1 aromatic heterocycles. The Balaban J connectivity index is 2.32. The molecule has 108 valence electrons. The first-order chi connectivity index (χ1) is 9.38.